The average Bonchev–Trinajstić information content (AvgIpc) is 3.46. The first-order valence-electron chi connectivity index (χ1n) is 17.6. The number of ether oxygens (including phenoxy) is 4. The fourth-order valence-corrected chi connectivity index (χ4v) is 7.15. The zero-order chi connectivity index (χ0) is 36.1. The van der Waals surface area contributed by atoms with Crippen molar-refractivity contribution in [3.63, 3.8) is 0 Å². The number of allylic oxidation sites excluding steroid dienone is 6. The van der Waals surface area contributed by atoms with Crippen LogP contribution in [-0.2, 0) is 41.1 Å². The average molecular weight is 754 g/mol. The van der Waals surface area contributed by atoms with Crippen molar-refractivity contribution in [3.8, 4) is 0 Å². The number of carboxylic acid groups (broad SMARTS) is 1. The summed E-state index contributed by atoms with van der Waals surface area (Å²) < 4.78 is 25.2. The van der Waals surface area contributed by atoms with Crippen LogP contribution < -0.4 is 9.47 Å². The van der Waals surface area contributed by atoms with Crippen molar-refractivity contribution in [2.45, 2.75) is 77.2 Å². The maximum absolute atomic E-state index is 11.1. The lowest BCUT2D eigenvalue weighted by atomic mass is 9.78. The van der Waals surface area contributed by atoms with E-state index < -0.39 is 5.97 Å². The minimum absolute atomic E-state index is 0.206. The minimum Gasteiger partial charge on any atom is -0.481 e. The summed E-state index contributed by atoms with van der Waals surface area (Å²) in [4.78, 5) is 18.6. The van der Waals surface area contributed by atoms with Gasteiger partial charge in [-0.1, -0.05) is 42.3 Å². The second kappa shape index (κ2) is 18.9. The monoisotopic (exact) mass is 752 g/mol. The van der Waals surface area contributed by atoms with Gasteiger partial charge < -0.3 is 29.0 Å². The molecule has 1 N–H and O–H groups in total. The summed E-state index contributed by atoms with van der Waals surface area (Å²) in [6.07, 6.45) is 16.2. The number of aryl methyl sites for hydroxylation is 1. The van der Waals surface area contributed by atoms with Gasteiger partial charge in [-0.25, -0.2) is 4.57 Å². The largest absolute Gasteiger partial charge is 0.481 e. The molecular formula is C40H55BrN3O6+. The molecule has 2 aliphatic heterocycles. The molecule has 1 unspecified atom stereocenters. The van der Waals surface area contributed by atoms with Crippen molar-refractivity contribution in [2.24, 2.45) is 4.99 Å². The van der Waals surface area contributed by atoms with Crippen LogP contribution in [0, 0.1) is 6.92 Å². The summed E-state index contributed by atoms with van der Waals surface area (Å²) in [6, 6.07) is 8.87. The number of anilines is 1. The first kappa shape index (κ1) is 39.6. The molecule has 0 spiro atoms. The second-order valence-corrected chi connectivity index (χ2v) is 14.6. The summed E-state index contributed by atoms with van der Waals surface area (Å²) in [6.45, 7) is 13.9. The third-order valence-electron chi connectivity index (χ3n) is 9.60. The van der Waals surface area contributed by atoms with Crippen LogP contribution in [0.1, 0.15) is 69.6 Å². The number of fused-ring (bicyclic) bond motifs is 2. The number of nitrogens with zero attached hydrogens (tertiary/aromatic N) is 3. The topological polar surface area (TPSA) is 93.7 Å². The Balaban J connectivity index is 1.57. The van der Waals surface area contributed by atoms with Crippen LogP contribution in [0.15, 0.2) is 76.0 Å². The molecule has 0 saturated heterocycles. The molecule has 4 rings (SSSR count). The summed E-state index contributed by atoms with van der Waals surface area (Å²) in [5.74, 6) is 0.221. The Bertz CT molecular complexity index is 1580. The van der Waals surface area contributed by atoms with Gasteiger partial charge in [0.25, 0.3) is 0 Å². The smallest absolute Gasteiger partial charge is 0.327 e. The van der Waals surface area contributed by atoms with E-state index in [4.69, 9.17) is 29.0 Å². The van der Waals surface area contributed by atoms with Crippen LogP contribution in [0.25, 0.3) is 0 Å². The third-order valence-corrected chi connectivity index (χ3v) is 10.0. The maximum Gasteiger partial charge on any atom is 0.327 e. The number of carboxylic acids is 1. The number of rotatable bonds is 21. The molecule has 50 heavy (non-hydrogen) atoms. The molecule has 3 heterocycles. The van der Waals surface area contributed by atoms with Crippen molar-refractivity contribution in [2.75, 3.05) is 65.3 Å². The molecular weight excluding hydrogens is 698 g/mol. The van der Waals surface area contributed by atoms with E-state index >= 15 is 0 Å². The van der Waals surface area contributed by atoms with Crippen molar-refractivity contribution in [1.82, 2.24) is 0 Å². The van der Waals surface area contributed by atoms with Gasteiger partial charge in [-0.2, -0.15) is 0 Å². The molecule has 1 atom stereocenters. The fourth-order valence-electron chi connectivity index (χ4n) is 6.68. The molecule has 0 saturated carbocycles. The number of halogens is 1. The van der Waals surface area contributed by atoms with Gasteiger partial charge in [0.2, 0.25) is 0 Å². The van der Waals surface area contributed by atoms with E-state index in [0.29, 0.717) is 52.6 Å². The lowest BCUT2D eigenvalue weighted by Gasteiger charge is -2.30. The number of methoxy groups -OCH3 is 2. The van der Waals surface area contributed by atoms with Crippen molar-refractivity contribution in [1.29, 1.82) is 0 Å². The number of hydrogen-bond donors (Lipinski definition) is 1. The first-order chi connectivity index (χ1) is 24.0. The van der Waals surface area contributed by atoms with E-state index in [1.54, 1.807) is 14.2 Å². The molecule has 9 nitrogen and oxygen atoms in total. The van der Waals surface area contributed by atoms with Gasteiger partial charge in [0.05, 0.1) is 48.5 Å². The van der Waals surface area contributed by atoms with Crippen molar-refractivity contribution in [3.05, 3.63) is 87.7 Å². The molecule has 0 bridgehead atoms. The van der Waals surface area contributed by atoms with Gasteiger partial charge in [-0.15, -0.1) is 0 Å². The highest BCUT2D eigenvalue weighted by Gasteiger charge is 2.44. The van der Waals surface area contributed by atoms with Gasteiger partial charge in [0.1, 0.15) is 12.7 Å². The Morgan fingerprint density at radius 1 is 0.940 bits per heavy atom. The predicted molar refractivity (Wildman–Crippen MR) is 203 cm³/mol. The van der Waals surface area contributed by atoms with Gasteiger partial charge in [-0.05, 0) is 97.7 Å². The number of hydrogen-bond acceptors (Lipinski definition) is 7. The van der Waals surface area contributed by atoms with Gasteiger partial charge in [0.15, 0.2) is 5.71 Å². The lowest BCUT2D eigenvalue weighted by Crippen LogP contribution is -2.37. The van der Waals surface area contributed by atoms with Crippen LogP contribution in [0.4, 0.5) is 11.5 Å². The molecule has 0 radical (unpaired) electrons. The van der Waals surface area contributed by atoms with Crippen LogP contribution in [0.5, 0.6) is 0 Å². The van der Waals surface area contributed by atoms with Gasteiger partial charge >= 0.3 is 11.8 Å². The Morgan fingerprint density at radius 3 is 2.40 bits per heavy atom. The zero-order valence-electron chi connectivity index (χ0n) is 30.7. The molecule has 0 aliphatic carbocycles. The molecule has 1 aromatic carbocycles. The normalized spacial score (nSPS) is 18.8. The van der Waals surface area contributed by atoms with Gasteiger partial charge in [-0.3, -0.25) is 4.79 Å². The molecule has 0 amide bonds. The molecule has 10 heteroatoms. The summed E-state index contributed by atoms with van der Waals surface area (Å²) in [5, 5.41) is 9.12. The minimum atomic E-state index is -0.738. The second-order valence-electron chi connectivity index (χ2n) is 13.7. The lowest BCUT2D eigenvalue weighted by molar-refractivity contribution is -0.686. The summed E-state index contributed by atoms with van der Waals surface area (Å²) in [7, 11) is 3.36. The van der Waals surface area contributed by atoms with Crippen molar-refractivity contribution < 1.29 is 33.4 Å². The number of aliphatic carboxylic acids is 1. The molecule has 2 aromatic rings. The fraction of sp³-hybridized carbons (Fsp3) is 0.525. The van der Waals surface area contributed by atoms with E-state index in [-0.39, 0.29) is 17.3 Å². The highest BCUT2D eigenvalue weighted by Crippen LogP contribution is 2.50. The van der Waals surface area contributed by atoms with E-state index in [1.165, 1.54) is 28.1 Å². The number of aromatic nitrogens is 1. The third kappa shape index (κ3) is 10.0. The summed E-state index contributed by atoms with van der Waals surface area (Å²) in [5.41, 5.74) is 6.63. The number of pyridine rings is 1. The van der Waals surface area contributed by atoms with E-state index in [9.17, 15) is 4.79 Å². The Kier molecular flexibility index (Phi) is 15.0. The highest BCUT2D eigenvalue weighted by atomic mass is 79.9. The van der Waals surface area contributed by atoms with Crippen LogP contribution >= 0.6 is 15.9 Å². The zero-order valence-corrected chi connectivity index (χ0v) is 32.3. The number of benzene rings is 1. The number of carbonyl (C=O) groups is 1. The maximum atomic E-state index is 11.1. The molecule has 1 aromatic heterocycles. The van der Waals surface area contributed by atoms with Crippen LogP contribution in [0.2, 0.25) is 0 Å². The number of aliphatic imine (C=N–C) groups is 1. The first-order valence-corrected chi connectivity index (χ1v) is 18.4. The van der Waals surface area contributed by atoms with Gasteiger partial charge in [0, 0.05) is 50.6 Å². The SMILES string of the molecule is COCCOCC[n+]1cc(Br)cc2c1N=C(/C=C/C=C/C=C1/N(CCCCCC(=O)O)c3ccc(C)cc3C1(C)CCOCCOC)C2(C)C. The number of unbranched alkanes of at least 4 members (excludes halogenated alkanes) is 2. The predicted octanol–water partition coefficient (Wildman–Crippen LogP) is 7.54. The van der Waals surface area contributed by atoms with Crippen molar-refractivity contribution >= 4 is 39.1 Å². The Hall–Kier alpha value is -3.15. The standard InChI is InChI=1S/C40H54BrN3O6/c1-30-16-17-34-32(27-30)40(4,18-21-49-25-23-47-5)36(44(34)19-12-8-11-15-37(45)46)14-10-7-9-13-35-39(2,3)33-28-31(41)29-43(38(33)42-35)20-22-50-26-24-48-6/h7,9-10,13-14,16-17,27-29H,8,11-12,15,18-26H2,1-6H3/p+1. The van der Waals surface area contributed by atoms with Crippen LogP contribution in [-0.4, -0.2) is 77.2 Å². The van der Waals surface area contributed by atoms with E-state index in [1.807, 2.05) is 0 Å². The Morgan fingerprint density at radius 2 is 1.68 bits per heavy atom. The van der Waals surface area contributed by atoms with E-state index in [0.717, 1.165) is 41.8 Å². The highest BCUT2D eigenvalue weighted by molar-refractivity contribution is 9.10. The molecule has 0 fully saturated rings. The van der Waals surface area contributed by atoms with E-state index in [2.05, 4.69) is 114 Å². The summed E-state index contributed by atoms with van der Waals surface area (Å²) >= 11 is 3.70. The molecule has 2 aliphatic rings. The molecule has 272 valence electrons. The Labute approximate surface area is 306 Å². The van der Waals surface area contributed by atoms with Crippen LogP contribution in [0.3, 0.4) is 0 Å². The quantitative estimate of drug-likeness (QED) is 0.0800.